The Bertz CT molecular complexity index is 938. The van der Waals surface area contributed by atoms with Gasteiger partial charge in [-0.05, 0) is 12.1 Å². The Kier molecular flexibility index (Phi) is 5.73. The number of phenolic OH excluding ortho intramolecular Hbond substituents is 1. The first-order valence-electron chi connectivity index (χ1n) is 7.14. The lowest BCUT2D eigenvalue weighted by molar-refractivity contribution is -0.404. The van der Waals surface area contributed by atoms with E-state index in [1.807, 2.05) is 41.1 Å². The van der Waals surface area contributed by atoms with Gasteiger partial charge in [-0.1, -0.05) is 18.2 Å². The molecule has 0 bridgehead atoms. The molecule has 12 heteroatoms. The standard InChI is InChI=1S/C9H8N2.C6H3N3O7/c1-2-4-9(5-3-1)11-7-6-10-8-11;10-6-4(8(13)14)1-3(7(11)12)2-5(6)9(15)16/h1-8H;1-2,10H. The van der Waals surface area contributed by atoms with Crippen molar-refractivity contribution in [3.8, 4) is 11.4 Å². The lowest BCUT2D eigenvalue weighted by Crippen LogP contribution is -1.97. The minimum absolute atomic E-state index is 0.447. The fraction of sp³-hybridized carbons (Fsp3) is 0. The second-order valence-electron chi connectivity index (χ2n) is 4.91. The van der Waals surface area contributed by atoms with E-state index in [4.69, 9.17) is 5.11 Å². The van der Waals surface area contributed by atoms with Crippen LogP contribution in [0.1, 0.15) is 0 Å². The van der Waals surface area contributed by atoms with E-state index in [0.717, 1.165) is 5.69 Å². The number of nitro groups is 3. The molecule has 0 saturated carbocycles. The van der Waals surface area contributed by atoms with E-state index in [0.29, 0.717) is 12.1 Å². The van der Waals surface area contributed by atoms with Gasteiger partial charge in [-0.3, -0.25) is 30.3 Å². The van der Waals surface area contributed by atoms with Crippen LogP contribution in [0.5, 0.6) is 5.75 Å². The molecule has 1 heterocycles. The van der Waals surface area contributed by atoms with E-state index in [1.54, 1.807) is 12.5 Å². The van der Waals surface area contributed by atoms with Crippen molar-refractivity contribution in [3.63, 3.8) is 0 Å². The van der Waals surface area contributed by atoms with Crippen molar-refractivity contribution in [1.29, 1.82) is 0 Å². The maximum atomic E-state index is 10.4. The summed E-state index contributed by atoms with van der Waals surface area (Å²) in [7, 11) is 0. The summed E-state index contributed by atoms with van der Waals surface area (Å²) in [4.78, 5) is 31.7. The summed E-state index contributed by atoms with van der Waals surface area (Å²) in [5.74, 6) is -1.21. The number of nitro benzene ring substituents is 3. The highest BCUT2D eigenvalue weighted by Gasteiger charge is 2.30. The number of imidazole rings is 1. The van der Waals surface area contributed by atoms with Gasteiger partial charge in [0, 0.05) is 18.1 Å². The predicted molar refractivity (Wildman–Crippen MR) is 91.6 cm³/mol. The molecule has 0 aliphatic carbocycles. The summed E-state index contributed by atoms with van der Waals surface area (Å²) in [6.07, 6.45) is 5.48. The molecule has 1 N–H and O–H groups in total. The zero-order valence-electron chi connectivity index (χ0n) is 13.4. The zero-order chi connectivity index (χ0) is 20.0. The Hall–Kier alpha value is -4.35. The molecule has 0 amide bonds. The van der Waals surface area contributed by atoms with Crippen LogP contribution in [0.3, 0.4) is 0 Å². The summed E-state index contributed by atoms with van der Waals surface area (Å²) in [6.45, 7) is 0. The average Bonchev–Trinajstić information content (AvgIpc) is 3.17. The normalized spacial score (nSPS) is 9.78. The van der Waals surface area contributed by atoms with Gasteiger partial charge in [-0.2, -0.15) is 0 Å². The Labute approximate surface area is 150 Å². The van der Waals surface area contributed by atoms with Crippen molar-refractivity contribution in [2.24, 2.45) is 0 Å². The largest absolute Gasteiger partial charge is 0.497 e. The number of phenols is 1. The van der Waals surface area contributed by atoms with Gasteiger partial charge in [0.25, 0.3) is 11.4 Å². The molecule has 27 heavy (non-hydrogen) atoms. The van der Waals surface area contributed by atoms with Crippen LogP contribution in [-0.2, 0) is 0 Å². The Morgan fingerprint density at radius 1 is 0.889 bits per heavy atom. The summed E-state index contributed by atoms with van der Waals surface area (Å²) in [5.41, 5.74) is -1.86. The maximum Gasteiger partial charge on any atom is 0.324 e. The third-order valence-corrected chi connectivity index (χ3v) is 3.22. The van der Waals surface area contributed by atoms with Crippen LogP contribution in [0.15, 0.2) is 61.2 Å². The topological polar surface area (TPSA) is 167 Å². The molecular formula is C15H11N5O7. The van der Waals surface area contributed by atoms with E-state index in [2.05, 4.69) is 4.98 Å². The molecule has 0 aliphatic rings. The summed E-state index contributed by atoms with van der Waals surface area (Å²) in [5, 5.41) is 40.2. The summed E-state index contributed by atoms with van der Waals surface area (Å²) in [6, 6.07) is 11.0. The number of hydrogen-bond donors (Lipinski definition) is 1. The number of non-ortho nitro benzene ring substituents is 1. The van der Waals surface area contributed by atoms with Gasteiger partial charge in [-0.15, -0.1) is 0 Å². The van der Waals surface area contributed by atoms with Crippen molar-refractivity contribution in [3.05, 3.63) is 91.5 Å². The molecule has 0 saturated heterocycles. The highest BCUT2D eigenvalue weighted by atomic mass is 16.6. The highest BCUT2D eigenvalue weighted by Crippen LogP contribution is 2.38. The Balaban J connectivity index is 0.000000206. The molecule has 0 atom stereocenters. The summed E-state index contributed by atoms with van der Waals surface area (Å²) >= 11 is 0. The van der Waals surface area contributed by atoms with Gasteiger partial charge in [0.15, 0.2) is 0 Å². The lowest BCUT2D eigenvalue weighted by Gasteiger charge is -1.98. The molecule has 0 aliphatic heterocycles. The van der Waals surface area contributed by atoms with Crippen LogP contribution in [0.4, 0.5) is 17.1 Å². The third-order valence-electron chi connectivity index (χ3n) is 3.22. The Morgan fingerprint density at radius 3 is 1.85 bits per heavy atom. The van der Waals surface area contributed by atoms with Gasteiger partial charge in [0.1, 0.15) is 0 Å². The molecular weight excluding hydrogens is 362 g/mol. The van der Waals surface area contributed by atoms with Crippen LogP contribution in [0, 0.1) is 30.3 Å². The van der Waals surface area contributed by atoms with Gasteiger partial charge in [0.2, 0.25) is 0 Å². The molecule has 0 radical (unpaired) electrons. The fourth-order valence-electron chi connectivity index (χ4n) is 1.99. The summed E-state index contributed by atoms with van der Waals surface area (Å²) < 4.78 is 1.97. The van der Waals surface area contributed by atoms with E-state index in [9.17, 15) is 30.3 Å². The van der Waals surface area contributed by atoms with Gasteiger partial charge >= 0.3 is 11.4 Å². The molecule has 1 aromatic heterocycles. The first kappa shape index (κ1) is 19.0. The van der Waals surface area contributed by atoms with Crippen molar-refractivity contribution in [2.45, 2.75) is 0 Å². The monoisotopic (exact) mass is 373 g/mol. The lowest BCUT2D eigenvalue weighted by atomic mass is 10.2. The Morgan fingerprint density at radius 2 is 1.44 bits per heavy atom. The third kappa shape index (κ3) is 4.60. The van der Waals surface area contributed by atoms with Crippen molar-refractivity contribution in [2.75, 3.05) is 0 Å². The van der Waals surface area contributed by atoms with E-state index in [1.165, 1.54) is 0 Å². The number of rotatable bonds is 4. The van der Waals surface area contributed by atoms with E-state index >= 15 is 0 Å². The fourth-order valence-corrected chi connectivity index (χ4v) is 1.99. The number of para-hydroxylation sites is 1. The molecule has 3 aromatic rings. The molecule has 12 nitrogen and oxygen atoms in total. The smallest absolute Gasteiger partial charge is 0.324 e. The van der Waals surface area contributed by atoms with Gasteiger partial charge in [-0.25, -0.2) is 4.98 Å². The van der Waals surface area contributed by atoms with E-state index in [-0.39, 0.29) is 0 Å². The minimum atomic E-state index is -1.21. The molecule has 3 rings (SSSR count). The number of aromatic nitrogens is 2. The molecule has 138 valence electrons. The number of benzene rings is 2. The highest BCUT2D eigenvalue weighted by molar-refractivity contribution is 5.64. The van der Waals surface area contributed by atoms with Crippen molar-refractivity contribution in [1.82, 2.24) is 9.55 Å². The zero-order valence-corrected chi connectivity index (χ0v) is 13.4. The van der Waals surface area contributed by atoms with Gasteiger partial charge < -0.3 is 9.67 Å². The predicted octanol–water partition coefficient (Wildman–Crippen LogP) is 2.99. The van der Waals surface area contributed by atoms with Crippen LogP contribution >= 0.6 is 0 Å². The second-order valence-corrected chi connectivity index (χ2v) is 4.91. The average molecular weight is 373 g/mol. The number of hydrogen-bond acceptors (Lipinski definition) is 8. The molecule has 0 spiro atoms. The number of aromatic hydroxyl groups is 1. The SMILES string of the molecule is O=[N+]([O-])c1cc([N+](=O)[O-])c(O)c([N+](=O)[O-])c1.c1ccc(-n2ccnc2)cc1. The molecule has 0 unspecified atom stereocenters. The molecule has 2 aromatic carbocycles. The first-order valence-corrected chi connectivity index (χ1v) is 7.14. The van der Waals surface area contributed by atoms with Crippen LogP contribution in [0.25, 0.3) is 5.69 Å². The van der Waals surface area contributed by atoms with E-state index < -0.39 is 37.6 Å². The first-order chi connectivity index (χ1) is 12.8. The number of nitrogens with zero attached hydrogens (tertiary/aromatic N) is 5. The van der Waals surface area contributed by atoms with Crippen LogP contribution in [-0.4, -0.2) is 29.4 Å². The maximum absolute atomic E-state index is 10.4. The van der Waals surface area contributed by atoms with Crippen molar-refractivity contribution >= 4 is 17.1 Å². The van der Waals surface area contributed by atoms with Crippen LogP contribution in [0.2, 0.25) is 0 Å². The van der Waals surface area contributed by atoms with Crippen LogP contribution < -0.4 is 0 Å². The quantitative estimate of drug-likeness (QED) is 0.537. The minimum Gasteiger partial charge on any atom is -0.497 e. The molecule has 0 fully saturated rings. The second kappa shape index (κ2) is 8.15. The van der Waals surface area contributed by atoms with Gasteiger partial charge in [0.05, 0.1) is 33.2 Å². The van der Waals surface area contributed by atoms with Crippen molar-refractivity contribution < 1.29 is 19.9 Å².